The van der Waals surface area contributed by atoms with Crippen molar-refractivity contribution in [3.05, 3.63) is 82.9 Å². The van der Waals surface area contributed by atoms with Gasteiger partial charge in [-0.05, 0) is 50.1 Å². The number of carbonyl (C=O) groups is 1. The number of para-hydroxylation sites is 1. The van der Waals surface area contributed by atoms with E-state index in [0.717, 1.165) is 23.4 Å². The van der Waals surface area contributed by atoms with E-state index in [9.17, 15) is 4.79 Å². The Bertz CT molecular complexity index is 942. The minimum Gasteiger partial charge on any atom is -0.318 e. The Morgan fingerprint density at radius 2 is 2.04 bits per heavy atom. The maximum atomic E-state index is 12.0. The van der Waals surface area contributed by atoms with E-state index in [4.69, 9.17) is 0 Å². The number of rotatable bonds is 5. The minimum absolute atomic E-state index is 0.278. The maximum absolute atomic E-state index is 12.0. The number of aromatic nitrogens is 2. The molecule has 0 unspecified atom stereocenters. The van der Waals surface area contributed by atoms with Gasteiger partial charge >= 0.3 is 0 Å². The van der Waals surface area contributed by atoms with E-state index in [0.29, 0.717) is 5.56 Å². The molecule has 0 saturated carbocycles. The van der Waals surface area contributed by atoms with Gasteiger partial charge in [-0.15, -0.1) is 0 Å². The van der Waals surface area contributed by atoms with Gasteiger partial charge in [0.15, 0.2) is 0 Å². The first-order chi connectivity index (χ1) is 12.6. The van der Waals surface area contributed by atoms with Crippen LogP contribution in [0.3, 0.4) is 0 Å². The van der Waals surface area contributed by atoms with Crippen molar-refractivity contribution in [2.24, 2.45) is 5.10 Å². The normalized spacial score (nSPS) is 11.0. The Balaban J connectivity index is 1.83. The predicted molar refractivity (Wildman–Crippen MR) is 104 cm³/mol. The number of carbonyl (C=O) groups excluding carboxylic acids is 1. The van der Waals surface area contributed by atoms with E-state index >= 15 is 0 Å². The summed E-state index contributed by atoms with van der Waals surface area (Å²) < 4.78 is 2.23. The van der Waals surface area contributed by atoms with Crippen LogP contribution in [-0.4, -0.2) is 21.7 Å². The number of aryl methyl sites for hydroxylation is 2. The summed E-state index contributed by atoms with van der Waals surface area (Å²) >= 11 is 0. The average Bonchev–Trinajstić information content (AvgIpc) is 2.95. The molecule has 0 aliphatic carbocycles. The van der Waals surface area contributed by atoms with Gasteiger partial charge in [-0.2, -0.15) is 5.10 Å². The second-order valence-electron chi connectivity index (χ2n) is 6.08. The van der Waals surface area contributed by atoms with Gasteiger partial charge in [-0.25, -0.2) is 5.43 Å². The monoisotopic (exact) mass is 346 g/mol. The molecule has 5 nitrogen and oxygen atoms in total. The molecule has 0 aliphatic rings. The number of benzene rings is 1. The van der Waals surface area contributed by atoms with Crippen LogP contribution < -0.4 is 5.43 Å². The third-order valence-corrected chi connectivity index (χ3v) is 4.38. The van der Waals surface area contributed by atoms with Crippen LogP contribution in [0.25, 0.3) is 5.69 Å². The number of nitrogens with zero attached hydrogens (tertiary/aromatic N) is 3. The smallest absolute Gasteiger partial charge is 0.272 e. The largest absolute Gasteiger partial charge is 0.318 e. The summed E-state index contributed by atoms with van der Waals surface area (Å²) in [6.07, 6.45) is 5.79. The summed E-state index contributed by atoms with van der Waals surface area (Å²) in [5, 5.41) is 4.10. The van der Waals surface area contributed by atoms with Gasteiger partial charge in [0, 0.05) is 35.0 Å². The van der Waals surface area contributed by atoms with Gasteiger partial charge < -0.3 is 4.57 Å². The standard InChI is InChI=1S/C21H22N4O/c1-4-17-8-5-6-10-20(17)25-15(2)12-19(16(25)3)14-23-24-21(26)18-9-7-11-22-13-18/h5-14H,4H2,1-3H3,(H,24,26)/b23-14-. The van der Waals surface area contributed by atoms with Crippen LogP contribution in [0.5, 0.6) is 0 Å². The van der Waals surface area contributed by atoms with Crippen molar-refractivity contribution in [3.63, 3.8) is 0 Å². The maximum Gasteiger partial charge on any atom is 0.272 e. The zero-order valence-electron chi connectivity index (χ0n) is 15.2. The molecule has 1 amide bonds. The first-order valence-electron chi connectivity index (χ1n) is 8.62. The second-order valence-corrected chi connectivity index (χ2v) is 6.08. The lowest BCUT2D eigenvalue weighted by molar-refractivity contribution is 0.0955. The first kappa shape index (κ1) is 17.6. The zero-order chi connectivity index (χ0) is 18.5. The Kier molecular flexibility index (Phi) is 5.27. The van der Waals surface area contributed by atoms with Gasteiger partial charge in [-0.3, -0.25) is 9.78 Å². The summed E-state index contributed by atoms with van der Waals surface area (Å²) in [7, 11) is 0. The fourth-order valence-electron chi connectivity index (χ4n) is 3.04. The zero-order valence-corrected chi connectivity index (χ0v) is 15.2. The average molecular weight is 346 g/mol. The van der Waals surface area contributed by atoms with Crippen molar-refractivity contribution in [3.8, 4) is 5.69 Å². The molecule has 3 rings (SSSR count). The Labute approximate surface area is 153 Å². The summed E-state index contributed by atoms with van der Waals surface area (Å²) in [4.78, 5) is 16.0. The predicted octanol–water partition coefficient (Wildman–Crippen LogP) is 3.82. The molecule has 132 valence electrons. The molecule has 0 atom stereocenters. The van der Waals surface area contributed by atoms with Crippen molar-refractivity contribution in [1.82, 2.24) is 15.0 Å². The van der Waals surface area contributed by atoms with Crippen LogP contribution in [0.1, 0.15) is 39.8 Å². The molecular weight excluding hydrogens is 324 g/mol. The lowest BCUT2D eigenvalue weighted by atomic mass is 10.1. The topological polar surface area (TPSA) is 59.3 Å². The van der Waals surface area contributed by atoms with Gasteiger partial charge in [0.2, 0.25) is 0 Å². The van der Waals surface area contributed by atoms with Gasteiger partial charge in [0.25, 0.3) is 5.91 Å². The highest BCUT2D eigenvalue weighted by molar-refractivity contribution is 5.94. The van der Waals surface area contributed by atoms with E-state index < -0.39 is 0 Å². The van der Waals surface area contributed by atoms with Crippen LogP contribution in [0.15, 0.2) is 60.0 Å². The molecule has 1 N–H and O–H groups in total. The van der Waals surface area contributed by atoms with Crippen LogP contribution >= 0.6 is 0 Å². The van der Waals surface area contributed by atoms with Gasteiger partial charge in [-0.1, -0.05) is 25.1 Å². The number of pyridine rings is 1. The number of hydrazone groups is 1. The highest BCUT2D eigenvalue weighted by Crippen LogP contribution is 2.23. The molecule has 2 aromatic heterocycles. The molecule has 0 bridgehead atoms. The quantitative estimate of drug-likeness (QED) is 0.564. The second kappa shape index (κ2) is 7.78. The van der Waals surface area contributed by atoms with E-state index in [1.54, 1.807) is 24.5 Å². The minimum atomic E-state index is -0.278. The number of hydrogen-bond donors (Lipinski definition) is 1. The molecule has 3 aromatic rings. The molecule has 2 heterocycles. The van der Waals surface area contributed by atoms with Crippen LogP contribution in [0.2, 0.25) is 0 Å². The van der Waals surface area contributed by atoms with Gasteiger partial charge in [0.05, 0.1) is 11.8 Å². The third-order valence-electron chi connectivity index (χ3n) is 4.38. The van der Waals surface area contributed by atoms with E-state index in [-0.39, 0.29) is 5.91 Å². The fourth-order valence-corrected chi connectivity index (χ4v) is 3.04. The van der Waals surface area contributed by atoms with Crippen molar-refractivity contribution in [2.75, 3.05) is 0 Å². The highest BCUT2D eigenvalue weighted by Gasteiger charge is 2.12. The highest BCUT2D eigenvalue weighted by atomic mass is 16.2. The lowest BCUT2D eigenvalue weighted by Crippen LogP contribution is -2.17. The molecule has 0 radical (unpaired) electrons. The Morgan fingerprint density at radius 3 is 2.77 bits per heavy atom. The van der Waals surface area contributed by atoms with Crippen molar-refractivity contribution >= 4 is 12.1 Å². The first-order valence-corrected chi connectivity index (χ1v) is 8.62. The molecule has 0 spiro atoms. The van der Waals surface area contributed by atoms with Gasteiger partial charge in [0.1, 0.15) is 0 Å². The molecule has 1 aromatic carbocycles. The SMILES string of the molecule is CCc1ccccc1-n1c(C)cc(/C=N\NC(=O)c2cccnc2)c1C. The van der Waals surface area contributed by atoms with Crippen molar-refractivity contribution in [2.45, 2.75) is 27.2 Å². The molecule has 0 fully saturated rings. The summed E-state index contributed by atoms with van der Waals surface area (Å²) in [6, 6.07) is 13.9. The van der Waals surface area contributed by atoms with E-state index in [1.807, 2.05) is 0 Å². The molecule has 26 heavy (non-hydrogen) atoms. The number of amides is 1. The van der Waals surface area contributed by atoms with Crippen LogP contribution in [0, 0.1) is 13.8 Å². The molecule has 0 saturated heterocycles. The van der Waals surface area contributed by atoms with E-state index in [1.165, 1.54) is 17.4 Å². The number of nitrogens with one attached hydrogen (secondary N) is 1. The third kappa shape index (κ3) is 3.57. The molecule has 5 heteroatoms. The summed E-state index contributed by atoms with van der Waals surface area (Å²) in [5.74, 6) is -0.278. The molecular formula is C21H22N4O. The van der Waals surface area contributed by atoms with Crippen molar-refractivity contribution < 1.29 is 4.79 Å². The fraction of sp³-hybridized carbons (Fsp3) is 0.190. The Morgan fingerprint density at radius 1 is 1.23 bits per heavy atom. The van der Waals surface area contributed by atoms with Crippen LogP contribution in [0.4, 0.5) is 0 Å². The summed E-state index contributed by atoms with van der Waals surface area (Å²) in [6.45, 7) is 6.29. The Hall–Kier alpha value is -3.21. The van der Waals surface area contributed by atoms with Crippen LogP contribution in [-0.2, 0) is 6.42 Å². The number of hydrogen-bond acceptors (Lipinski definition) is 3. The lowest BCUT2D eigenvalue weighted by Gasteiger charge is -2.13. The summed E-state index contributed by atoms with van der Waals surface area (Å²) in [5.41, 5.74) is 8.69. The van der Waals surface area contributed by atoms with Crippen molar-refractivity contribution in [1.29, 1.82) is 0 Å². The van der Waals surface area contributed by atoms with E-state index in [2.05, 4.69) is 71.2 Å². The molecule has 0 aliphatic heterocycles.